The summed E-state index contributed by atoms with van der Waals surface area (Å²) in [6.07, 6.45) is 5.36. The highest BCUT2D eigenvalue weighted by molar-refractivity contribution is 5.76. The number of aromatic nitrogens is 1. The van der Waals surface area contributed by atoms with Crippen molar-refractivity contribution in [3.8, 4) is 0 Å². The molecule has 1 fully saturated rings. The van der Waals surface area contributed by atoms with Crippen LogP contribution in [0.25, 0.3) is 0 Å². The van der Waals surface area contributed by atoms with Crippen LogP contribution in [0.1, 0.15) is 31.4 Å². The van der Waals surface area contributed by atoms with Crippen molar-refractivity contribution >= 4 is 5.91 Å². The first-order valence-corrected chi connectivity index (χ1v) is 5.28. The first-order valence-electron chi connectivity index (χ1n) is 5.28. The van der Waals surface area contributed by atoms with E-state index in [0.717, 1.165) is 18.4 Å². The van der Waals surface area contributed by atoms with Crippen LogP contribution in [0.3, 0.4) is 0 Å². The van der Waals surface area contributed by atoms with Crippen LogP contribution in [0.2, 0.25) is 0 Å². The van der Waals surface area contributed by atoms with Crippen LogP contribution < -0.4 is 5.32 Å². The fourth-order valence-electron chi connectivity index (χ4n) is 1.47. The quantitative estimate of drug-likeness (QED) is 0.769. The zero-order chi connectivity index (χ0) is 10.8. The summed E-state index contributed by atoms with van der Waals surface area (Å²) in [5.74, 6) is 0.0465. The van der Waals surface area contributed by atoms with E-state index in [1.165, 1.54) is 0 Å². The number of carbonyl (C=O) groups is 1. The van der Waals surface area contributed by atoms with Crippen molar-refractivity contribution in [1.29, 1.82) is 0 Å². The summed E-state index contributed by atoms with van der Waals surface area (Å²) in [6, 6.07) is 2.24. The average Bonchev–Trinajstić information content (AvgIpc) is 2.82. The molecule has 0 saturated heterocycles. The topological polar surface area (TPSA) is 54.3 Å². The molecule has 1 unspecified atom stereocenters. The lowest BCUT2D eigenvalue weighted by Gasteiger charge is -2.04. The molecule has 1 aromatic heterocycles. The molecule has 0 bridgehead atoms. The fraction of sp³-hybridized carbons (Fsp3) is 0.545. The Morgan fingerprint density at radius 3 is 3.00 bits per heavy atom. The molecule has 0 radical (unpaired) electrons. The smallest absolute Gasteiger partial charge is 0.240 e. The Kier molecular flexibility index (Phi) is 2.77. The first-order chi connectivity index (χ1) is 7.15. The number of rotatable bonds is 4. The van der Waals surface area contributed by atoms with Gasteiger partial charge in [0.05, 0.1) is 6.10 Å². The second-order valence-electron chi connectivity index (χ2n) is 4.13. The Balaban J connectivity index is 1.88. The third kappa shape index (κ3) is 2.83. The van der Waals surface area contributed by atoms with Gasteiger partial charge in [0.1, 0.15) is 6.54 Å². The molecule has 2 N–H and O–H groups in total. The van der Waals surface area contributed by atoms with Crippen molar-refractivity contribution in [3.63, 3.8) is 0 Å². The predicted molar refractivity (Wildman–Crippen MR) is 56.2 cm³/mol. The van der Waals surface area contributed by atoms with Crippen LogP contribution in [-0.2, 0) is 11.3 Å². The van der Waals surface area contributed by atoms with Crippen molar-refractivity contribution in [1.82, 2.24) is 9.88 Å². The van der Waals surface area contributed by atoms with Crippen molar-refractivity contribution in [2.24, 2.45) is 0 Å². The van der Waals surface area contributed by atoms with Gasteiger partial charge >= 0.3 is 0 Å². The molecule has 1 saturated carbocycles. The Morgan fingerprint density at radius 1 is 1.73 bits per heavy atom. The number of hydrogen-bond donors (Lipinski definition) is 2. The SMILES string of the molecule is CC(O)c1ccn(CC(=O)NC2CC2)c1. The van der Waals surface area contributed by atoms with Gasteiger partial charge in [0, 0.05) is 18.4 Å². The number of hydrogen-bond acceptors (Lipinski definition) is 2. The van der Waals surface area contributed by atoms with Gasteiger partial charge in [0.25, 0.3) is 0 Å². The number of nitrogens with one attached hydrogen (secondary N) is 1. The largest absolute Gasteiger partial charge is 0.389 e. The lowest BCUT2D eigenvalue weighted by molar-refractivity contribution is -0.121. The van der Waals surface area contributed by atoms with Gasteiger partial charge in [-0.25, -0.2) is 0 Å². The standard InChI is InChI=1S/C11H16N2O2/c1-8(14)9-4-5-13(6-9)7-11(15)12-10-2-3-10/h4-6,8,10,14H,2-3,7H2,1H3,(H,12,15). The van der Waals surface area contributed by atoms with E-state index < -0.39 is 6.10 Å². The zero-order valence-corrected chi connectivity index (χ0v) is 8.81. The summed E-state index contributed by atoms with van der Waals surface area (Å²) in [5, 5.41) is 12.2. The lowest BCUT2D eigenvalue weighted by Crippen LogP contribution is -2.28. The molecule has 15 heavy (non-hydrogen) atoms. The maximum absolute atomic E-state index is 11.4. The van der Waals surface area contributed by atoms with E-state index in [-0.39, 0.29) is 5.91 Å². The highest BCUT2D eigenvalue weighted by Crippen LogP contribution is 2.18. The molecule has 0 aliphatic heterocycles. The second kappa shape index (κ2) is 4.06. The zero-order valence-electron chi connectivity index (χ0n) is 8.81. The molecule has 82 valence electrons. The normalized spacial score (nSPS) is 17.5. The summed E-state index contributed by atoms with van der Waals surface area (Å²) >= 11 is 0. The lowest BCUT2D eigenvalue weighted by atomic mass is 10.2. The molecular weight excluding hydrogens is 192 g/mol. The van der Waals surface area contributed by atoms with Crippen molar-refractivity contribution in [2.45, 2.75) is 38.5 Å². The highest BCUT2D eigenvalue weighted by atomic mass is 16.3. The van der Waals surface area contributed by atoms with Gasteiger partial charge < -0.3 is 15.0 Å². The predicted octanol–water partition coefficient (Wildman–Crippen LogP) is 0.820. The number of amides is 1. The van der Waals surface area contributed by atoms with Gasteiger partial charge in [-0.2, -0.15) is 0 Å². The van der Waals surface area contributed by atoms with E-state index in [4.69, 9.17) is 0 Å². The van der Waals surface area contributed by atoms with Crippen molar-refractivity contribution < 1.29 is 9.90 Å². The summed E-state index contributed by atoms with van der Waals surface area (Å²) < 4.78 is 1.79. The number of aliphatic hydroxyl groups excluding tert-OH is 1. The minimum Gasteiger partial charge on any atom is -0.389 e. The molecule has 4 nitrogen and oxygen atoms in total. The maximum Gasteiger partial charge on any atom is 0.240 e. The summed E-state index contributed by atoms with van der Waals surface area (Å²) in [5.41, 5.74) is 0.842. The third-order valence-corrected chi connectivity index (χ3v) is 2.52. The van der Waals surface area contributed by atoms with E-state index in [9.17, 15) is 9.90 Å². The van der Waals surface area contributed by atoms with E-state index in [1.807, 2.05) is 12.3 Å². The monoisotopic (exact) mass is 208 g/mol. The van der Waals surface area contributed by atoms with E-state index in [0.29, 0.717) is 12.6 Å². The van der Waals surface area contributed by atoms with Crippen LogP contribution in [0.15, 0.2) is 18.5 Å². The van der Waals surface area contributed by atoms with Gasteiger partial charge in [-0.3, -0.25) is 4.79 Å². The highest BCUT2D eigenvalue weighted by Gasteiger charge is 2.23. The molecule has 1 aliphatic rings. The van der Waals surface area contributed by atoms with Crippen LogP contribution >= 0.6 is 0 Å². The van der Waals surface area contributed by atoms with Gasteiger partial charge in [-0.15, -0.1) is 0 Å². The van der Waals surface area contributed by atoms with Crippen LogP contribution in [0.4, 0.5) is 0 Å². The van der Waals surface area contributed by atoms with Crippen molar-refractivity contribution in [3.05, 3.63) is 24.0 Å². The summed E-state index contributed by atoms with van der Waals surface area (Å²) in [6.45, 7) is 2.05. The third-order valence-electron chi connectivity index (χ3n) is 2.52. The van der Waals surface area contributed by atoms with Gasteiger partial charge in [-0.1, -0.05) is 0 Å². The molecule has 0 aromatic carbocycles. The molecule has 1 atom stereocenters. The second-order valence-corrected chi connectivity index (χ2v) is 4.13. The van der Waals surface area contributed by atoms with E-state index in [1.54, 1.807) is 17.7 Å². The number of nitrogens with zero attached hydrogens (tertiary/aromatic N) is 1. The van der Waals surface area contributed by atoms with E-state index in [2.05, 4.69) is 5.32 Å². The van der Waals surface area contributed by atoms with Crippen LogP contribution in [0.5, 0.6) is 0 Å². The van der Waals surface area contributed by atoms with Crippen molar-refractivity contribution in [2.75, 3.05) is 0 Å². The summed E-state index contributed by atoms with van der Waals surface area (Å²) in [4.78, 5) is 11.4. The average molecular weight is 208 g/mol. The van der Waals surface area contributed by atoms with Gasteiger partial charge in [-0.05, 0) is 31.4 Å². The molecule has 1 aromatic rings. The minimum absolute atomic E-state index is 0.0465. The molecule has 1 aliphatic carbocycles. The molecule has 2 rings (SSSR count). The molecule has 4 heteroatoms. The minimum atomic E-state index is -0.474. The molecule has 1 amide bonds. The van der Waals surface area contributed by atoms with Crippen LogP contribution in [0, 0.1) is 0 Å². The summed E-state index contributed by atoms with van der Waals surface area (Å²) in [7, 11) is 0. The Morgan fingerprint density at radius 2 is 2.47 bits per heavy atom. The maximum atomic E-state index is 11.4. The number of carbonyl (C=O) groups excluding carboxylic acids is 1. The fourth-order valence-corrected chi connectivity index (χ4v) is 1.47. The van der Waals surface area contributed by atoms with Gasteiger partial charge in [0.15, 0.2) is 0 Å². The molecule has 1 heterocycles. The molecule has 0 spiro atoms. The first kappa shape index (κ1) is 10.2. The Hall–Kier alpha value is -1.29. The van der Waals surface area contributed by atoms with Crippen LogP contribution in [-0.4, -0.2) is 21.6 Å². The Bertz CT molecular complexity index is 353. The molecular formula is C11H16N2O2. The number of aliphatic hydroxyl groups is 1. The van der Waals surface area contributed by atoms with Gasteiger partial charge in [0.2, 0.25) is 5.91 Å². The Labute approximate surface area is 88.9 Å². The van der Waals surface area contributed by atoms with E-state index >= 15 is 0 Å².